The molecule has 2 atom stereocenters. The van der Waals surface area contributed by atoms with Gasteiger partial charge in [0.1, 0.15) is 0 Å². The van der Waals surface area contributed by atoms with Crippen LogP contribution in [0, 0.1) is 19.8 Å². The Morgan fingerprint density at radius 3 is 2.79 bits per heavy atom. The van der Waals surface area contributed by atoms with E-state index in [1.165, 1.54) is 23.1 Å². The maximum atomic E-state index is 6.31. The van der Waals surface area contributed by atoms with Gasteiger partial charge in [0.05, 0.1) is 6.04 Å². The average Bonchev–Trinajstić information content (AvgIpc) is 3.06. The number of anilines is 1. The molecule has 1 saturated heterocycles. The molecule has 3 aromatic rings. The zero-order chi connectivity index (χ0) is 20.0. The van der Waals surface area contributed by atoms with Crippen molar-refractivity contribution in [1.82, 2.24) is 15.0 Å². The molecule has 0 spiro atoms. The fourth-order valence-electron chi connectivity index (χ4n) is 4.97. The van der Waals surface area contributed by atoms with Crippen LogP contribution in [0.2, 0.25) is 5.02 Å². The number of fused-ring (bicyclic) bond motifs is 3. The number of nitrogens with zero attached hydrogens (tertiary/aromatic N) is 3. The zero-order valence-electron chi connectivity index (χ0n) is 17.0. The topological polar surface area (TPSA) is 54.0 Å². The van der Waals surface area contributed by atoms with Crippen LogP contribution in [0.15, 0.2) is 24.3 Å². The van der Waals surface area contributed by atoms with E-state index >= 15 is 0 Å². The minimum absolute atomic E-state index is 0.220. The quantitative estimate of drug-likeness (QED) is 0.648. The number of halogens is 1. The van der Waals surface area contributed by atoms with Gasteiger partial charge < -0.3 is 14.6 Å². The maximum absolute atomic E-state index is 6.31. The second kappa shape index (κ2) is 7.62. The van der Waals surface area contributed by atoms with Gasteiger partial charge in [-0.1, -0.05) is 11.6 Å². The van der Waals surface area contributed by atoms with E-state index in [4.69, 9.17) is 26.3 Å². The Labute approximate surface area is 176 Å². The molecule has 0 saturated carbocycles. The Morgan fingerprint density at radius 1 is 1.21 bits per heavy atom. The fraction of sp³-hybridized carbons (Fsp3) is 0.478. The second-order valence-corrected chi connectivity index (χ2v) is 8.87. The Balaban J connectivity index is 1.59. The molecule has 0 unspecified atom stereocenters. The van der Waals surface area contributed by atoms with Gasteiger partial charge >= 0.3 is 0 Å². The van der Waals surface area contributed by atoms with Crippen molar-refractivity contribution in [3.63, 3.8) is 0 Å². The number of benzene rings is 1. The van der Waals surface area contributed by atoms with Gasteiger partial charge in [0, 0.05) is 52.8 Å². The van der Waals surface area contributed by atoms with Crippen LogP contribution in [-0.2, 0) is 11.2 Å². The average molecular weight is 411 g/mol. The molecule has 0 aliphatic carbocycles. The maximum Gasteiger partial charge on any atom is 0.226 e. The van der Waals surface area contributed by atoms with E-state index in [0.717, 1.165) is 66.9 Å². The Morgan fingerprint density at radius 2 is 2.03 bits per heavy atom. The molecular formula is C23H27ClN4O. The smallest absolute Gasteiger partial charge is 0.226 e. The van der Waals surface area contributed by atoms with Crippen molar-refractivity contribution >= 4 is 28.5 Å². The van der Waals surface area contributed by atoms with Crippen molar-refractivity contribution in [2.24, 2.45) is 5.92 Å². The van der Waals surface area contributed by atoms with E-state index in [0.29, 0.717) is 5.92 Å². The van der Waals surface area contributed by atoms with E-state index < -0.39 is 0 Å². The lowest BCUT2D eigenvalue weighted by Gasteiger charge is -2.38. The molecule has 2 aromatic heterocycles. The van der Waals surface area contributed by atoms with Crippen LogP contribution in [0.4, 0.5) is 5.95 Å². The Kier molecular flexibility index (Phi) is 4.96. The minimum Gasteiger partial charge on any atom is -0.381 e. The summed E-state index contributed by atoms with van der Waals surface area (Å²) in [5.74, 6) is 1.40. The van der Waals surface area contributed by atoms with Crippen molar-refractivity contribution in [3.05, 3.63) is 51.9 Å². The molecule has 152 valence electrons. The summed E-state index contributed by atoms with van der Waals surface area (Å²) in [6, 6.07) is 8.40. The van der Waals surface area contributed by atoms with Gasteiger partial charge in [-0.3, -0.25) is 0 Å². The van der Waals surface area contributed by atoms with E-state index in [1.807, 2.05) is 26.0 Å². The van der Waals surface area contributed by atoms with Crippen LogP contribution in [0.25, 0.3) is 10.9 Å². The lowest BCUT2D eigenvalue weighted by atomic mass is 9.88. The van der Waals surface area contributed by atoms with Gasteiger partial charge in [-0.25, -0.2) is 9.97 Å². The highest BCUT2D eigenvalue weighted by molar-refractivity contribution is 6.31. The number of aromatic amines is 1. The highest BCUT2D eigenvalue weighted by atomic mass is 35.5. The molecule has 2 aliphatic heterocycles. The fourth-order valence-corrected chi connectivity index (χ4v) is 5.14. The molecule has 0 radical (unpaired) electrons. The van der Waals surface area contributed by atoms with E-state index in [2.05, 4.69) is 22.0 Å². The molecule has 4 heterocycles. The molecule has 29 heavy (non-hydrogen) atoms. The highest BCUT2D eigenvalue weighted by Gasteiger charge is 2.34. The molecule has 1 aromatic carbocycles. The standard InChI is InChI=1S/C23H27ClN4O/c1-14-10-15(2)26-23(25-14)28-8-7-18-19-12-17(24)5-6-20(19)27-22(18)21(28)11-16-4-3-9-29-13-16/h5-6,10,12,16,21,27H,3-4,7-9,11,13H2,1-2H3/t16-,21-/m0/s1. The minimum atomic E-state index is 0.220. The summed E-state index contributed by atoms with van der Waals surface area (Å²) >= 11 is 6.31. The van der Waals surface area contributed by atoms with Crippen LogP contribution in [0.3, 0.4) is 0 Å². The van der Waals surface area contributed by atoms with Crippen LogP contribution in [0.1, 0.15) is 47.9 Å². The molecular weight excluding hydrogens is 384 g/mol. The molecule has 0 bridgehead atoms. The summed E-state index contributed by atoms with van der Waals surface area (Å²) in [4.78, 5) is 15.7. The molecule has 1 fully saturated rings. The van der Waals surface area contributed by atoms with Gasteiger partial charge in [-0.2, -0.15) is 0 Å². The largest absolute Gasteiger partial charge is 0.381 e. The summed E-state index contributed by atoms with van der Waals surface area (Å²) in [5.41, 5.74) is 5.88. The van der Waals surface area contributed by atoms with Crippen molar-refractivity contribution in [1.29, 1.82) is 0 Å². The first-order valence-corrected chi connectivity index (χ1v) is 10.9. The first-order valence-electron chi connectivity index (χ1n) is 10.5. The summed E-state index contributed by atoms with van der Waals surface area (Å²) in [6.45, 7) is 6.74. The first-order chi connectivity index (χ1) is 14.1. The number of H-pyrrole nitrogens is 1. The zero-order valence-corrected chi connectivity index (χ0v) is 17.8. The molecule has 5 rings (SSSR count). The highest BCUT2D eigenvalue weighted by Crippen LogP contribution is 2.41. The first kappa shape index (κ1) is 18.9. The molecule has 1 N–H and O–H groups in total. The normalized spacial score (nSPS) is 22.1. The third-order valence-corrected chi connectivity index (χ3v) is 6.49. The third kappa shape index (κ3) is 3.62. The SMILES string of the molecule is Cc1cc(C)nc(N2CCc3c([nH]c4ccc(Cl)cc34)[C@@H]2C[C@@H]2CCCOC2)n1. The van der Waals surface area contributed by atoms with Gasteiger partial charge in [0.25, 0.3) is 0 Å². The van der Waals surface area contributed by atoms with Crippen molar-refractivity contribution in [3.8, 4) is 0 Å². The van der Waals surface area contributed by atoms with Crippen LogP contribution in [-0.4, -0.2) is 34.7 Å². The number of aromatic nitrogens is 3. The van der Waals surface area contributed by atoms with Crippen LogP contribution in [0.5, 0.6) is 0 Å². The molecule has 6 heteroatoms. The van der Waals surface area contributed by atoms with Crippen molar-refractivity contribution in [2.75, 3.05) is 24.7 Å². The third-order valence-electron chi connectivity index (χ3n) is 6.25. The number of aryl methyl sites for hydroxylation is 2. The number of hydrogen-bond donors (Lipinski definition) is 1. The van der Waals surface area contributed by atoms with Crippen LogP contribution >= 0.6 is 11.6 Å². The lowest BCUT2D eigenvalue weighted by molar-refractivity contribution is 0.0483. The van der Waals surface area contributed by atoms with Gasteiger partial charge in [-0.15, -0.1) is 0 Å². The lowest BCUT2D eigenvalue weighted by Crippen LogP contribution is -2.38. The Bertz CT molecular complexity index is 1020. The van der Waals surface area contributed by atoms with E-state index in [-0.39, 0.29) is 6.04 Å². The van der Waals surface area contributed by atoms with Crippen molar-refractivity contribution in [2.45, 2.75) is 45.6 Å². The van der Waals surface area contributed by atoms with Crippen molar-refractivity contribution < 1.29 is 4.74 Å². The summed E-state index contributed by atoms with van der Waals surface area (Å²) in [7, 11) is 0. The van der Waals surface area contributed by atoms with E-state index in [9.17, 15) is 0 Å². The Hall–Kier alpha value is -2.11. The second-order valence-electron chi connectivity index (χ2n) is 8.44. The predicted octanol–water partition coefficient (Wildman–Crippen LogP) is 5.15. The van der Waals surface area contributed by atoms with Crippen LogP contribution < -0.4 is 4.90 Å². The van der Waals surface area contributed by atoms with E-state index in [1.54, 1.807) is 0 Å². The summed E-state index contributed by atoms with van der Waals surface area (Å²) in [5, 5.41) is 2.04. The predicted molar refractivity (Wildman–Crippen MR) is 117 cm³/mol. The number of rotatable bonds is 3. The van der Waals surface area contributed by atoms with Gasteiger partial charge in [0.15, 0.2) is 0 Å². The summed E-state index contributed by atoms with van der Waals surface area (Å²) in [6.07, 6.45) is 4.37. The number of ether oxygens (including phenoxy) is 1. The molecule has 2 aliphatic rings. The number of nitrogens with one attached hydrogen (secondary N) is 1. The number of hydrogen-bond acceptors (Lipinski definition) is 4. The molecule has 0 amide bonds. The monoisotopic (exact) mass is 410 g/mol. The molecule has 5 nitrogen and oxygen atoms in total. The van der Waals surface area contributed by atoms with Gasteiger partial charge in [-0.05, 0) is 75.3 Å². The van der Waals surface area contributed by atoms with Gasteiger partial charge in [0.2, 0.25) is 5.95 Å². The summed E-state index contributed by atoms with van der Waals surface area (Å²) < 4.78 is 5.79.